The van der Waals surface area contributed by atoms with E-state index in [0.717, 1.165) is 0 Å². The van der Waals surface area contributed by atoms with Crippen molar-refractivity contribution < 1.29 is 9.90 Å². The fourth-order valence-corrected chi connectivity index (χ4v) is 1.39. The zero-order chi connectivity index (χ0) is 13.0. The summed E-state index contributed by atoms with van der Waals surface area (Å²) in [6.45, 7) is 2.05. The SMILES string of the molecule is CC(O)CNc1cc(N)ccc1C(=O)N(C)C. The molecule has 0 aliphatic carbocycles. The summed E-state index contributed by atoms with van der Waals surface area (Å²) in [7, 11) is 3.38. The highest BCUT2D eigenvalue weighted by atomic mass is 16.3. The molecular weight excluding hydrogens is 218 g/mol. The molecule has 94 valence electrons. The van der Waals surface area contributed by atoms with Crippen LogP contribution in [0.1, 0.15) is 17.3 Å². The van der Waals surface area contributed by atoms with Crippen molar-refractivity contribution in [1.29, 1.82) is 0 Å². The van der Waals surface area contributed by atoms with Gasteiger partial charge in [0.15, 0.2) is 0 Å². The van der Waals surface area contributed by atoms with Crippen LogP contribution in [0, 0.1) is 0 Å². The summed E-state index contributed by atoms with van der Waals surface area (Å²) in [4.78, 5) is 13.4. The summed E-state index contributed by atoms with van der Waals surface area (Å²) < 4.78 is 0. The summed E-state index contributed by atoms with van der Waals surface area (Å²) in [6, 6.07) is 5.06. The summed E-state index contributed by atoms with van der Waals surface area (Å²) in [5, 5.41) is 12.2. The molecule has 1 aromatic rings. The third-order valence-corrected chi connectivity index (χ3v) is 2.27. The van der Waals surface area contributed by atoms with Gasteiger partial charge in [-0.1, -0.05) is 0 Å². The quantitative estimate of drug-likeness (QED) is 0.676. The second-order valence-corrected chi connectivity index (χ2v) is 4.23. The maximum absolute atomic E-state index is 11.9. The highest BCUT2D eigenvalue weighted by Crippen LogP contribution is 2.20. The van der Waals surface area contributed by atoms with E-state index < -0.39 is 6.10 Å². The lowest BCUT2D eigenvalue weighted by molar-refractivity contribution is 0.0828. The van der Waals surface area contributed by atoms with E-state index >= 15 is 0 Å². The van der Waals surface area contributed by atoms with Crippen LogP contribution < -0.4 is 11.1 Å². The molecule has 17 heavy (non-hydrogen) atoms. The molecule has 0 aliphatic heterocycles. The Morgan fingerprint density at radius 2 is 2.18 bits per heavy atom. The Kier molecular flexibility index (Phi) is 4.34. The molecule has 0 spiro atoms. The zero-order valence-electron chi connectivity index (χ0n) is 10.4. The van der Waals surface area contributed by atoms with E-state index in [0.29, 0.717) is 23.5 Å². The standard InChI is InChI=1S/C12H19N3O2/c1-8(16)7-14-11-6-9(13)4-5-10(11)12(17)15(2)3/h4-6,8,14,16H,7,13H2,1-3H3. The van der Waals surface area contributed by atoms with Crippen molar-refractivity contribution in [2.24, 2.45) is 0 Å². The van der Waals surface area contributed by atoms with Crippen molar-refractivity contribution in [2.45, 2.75) is 13.0 Å². The van der Waals surface area contributed by atoms with Crippen molar-refractivity contribution in [3.8, 4) is 0 Å². The number of aliphatic hydroxyl groups excluding tert-OH is 1. The molecular formula is C12H19N3O2. The van der Waals surface area contributed by atoms with E-state index in [4.69, 9.17) is 5.73 Å². The van der Waals surface area contributed by atoms with Crippen molar-refractivity contribution in [3.05, 3.63) is 23.8 Å². The number of nitrogens with one attached hydrogen (secondary N) is 1. The first-order valence-corrected chi connectivity index (χ1v) is 5.45. The molecule has 5 heteroatoms. The highest BCUT2D eigenvalue weighted by Gasteiger charge is 2.13. The van der Waals surface area contributed by atoms with Gasteiger partial charge in [0.2, 0.25) is 0 Å². The molecule has 0 aliphatic rings. The van der Waals surface area contributed by atoms with Gasteiger partial charge in [-0.05, 0) is 25.1 Å². The van der Waals surface area contributed by atoms with E-state index in [9.17, 15) is 9.90 Å². The lowest BCUT2D eigenvalue weighted by Gasteiger charge is -2.16. The van der Waals surface area contributed by atoms with Crippen LogP contribution in [0.5, 0.6) is 0 Å². The Balaban J connectivity index is 2.99. The third-order valence-electron chi connectivity index (χ3n) is 2.27. The Morgan fingerprint density at radius 1 is 1.53 bits per heavy atom. The normalized spacial score (nSPS) is 12.0. The van der Waals surface area contributed by atoms with Gasteiger partial charge in [0.05, 0.1) is 11.7 Å². The summed E-state index contributed by atoms with van der Waals surface area (Å²) in [5.74, 6) is -0.0990. The number of nitrogens with two attached hydrogens (primary N) is 1. The molecule has 0 fully saturated rings. The topological polar surface area (TPSA) is 78.6 Å². The van der Waals surface area contributed by atoms with Gasteiger partial charge in [0.25, 0.3) is 5.91 Å². The molecule has 0 bridgehead atoms. The van der Waals surface area contributed by atoms with Crippen molar-refractivity contribution in [3.63, 3.8) is 0 Å². The van der Waals surface area contributed by atoms with Gasteiger partial charge in [-0.25, -0.2) is 0 Å². The minimum atomic E-state index is -0.487. The average molecular weight is 237 g/mol. The maximum Gasteiger partial charge on any atom is 0.255 e. The number of aliphatic hydroxyl groups is 1. The number of amides is 1. The number of nitrogen functional groups attached to an aromatic ring is 1. The minimum Gasteiger partial charge on any atom is -0.399 e. The van der Waals surface area contributed by atoms with Gasteiger partial charge in [0, 0.05) is 32.0 Å². The van der Waals surface area contributed by atoms with Crippen LogP contribution in [0.2, 0.25) is 0 Å². The van der Waals surface area contributed by atoms with Crippen molar-refractivity contribution in [2.75, 3.05) is 31.7 Å². The Morgan fingerprint density at radius 3 is 2.71 bits per heavy atom. The van der Waals surface area contributed by atoms with Gasteiger partial charge < -0.3 is 21.1 Å². The van der Waals surface area contributed by atoms with Crippen LogP contribution in [0.4, 0.5) is 11.4 Å². The minimum absolute atomic E-state index is 0.0990. The maximum atomic E-state index is 11.9. The molecule has 0 saturated carbocycles. The molecule has 1 unspecified atom stereocenters. The molecule has 4 N–H and O–H groups in total. The highest BCUT2D eigenvalue weighted by molar-refractivity contribution is 5.99. The first-order chi connectivity index (χ1) is 7.91. The van der Waals surface area contributed by atoms with Crippen molar-refractivity contribution in [1.82, 2.24) is 4.90 Å². The van der Waals surface area contributed by atoms with Crippen LogP contribution in [0.3, 0.4) is 0 Å². The van der Waals surface area contributed by atoms with E-state index in [2.05, 4.69) is 5.32 Å². The molecule has 1 atom stereocenters. The summed E-state index contributed by atoms with van der Waals surface area (Å²) in [5.41, 5.74) is 7.45. The molecule has 0 aromatic heterocycles. The fourth-order valence-electron chi connectivity index (χ4n) is 1.39. The number of nitrogens with zero attached hydrogens (tertiary/aromatic N) is 1. The Labute approximate surface area is 101 Å². The number of rotatable bonds is 4. The van der Waals surface area contributed by atoms with Crippen molar-refractivity contribution >= 4 is 17.3 Å². The lowest BCUT2D eigenvalue weighted by Crippen LogP contribution is -2.24. The predicted octanol–water partition coefficient (Wildman–Crippen LogP) is 0.763. The van der Waals surface area contributed by atoms with Gasteiger partial charge in [-0.3, -0.25) is 4.79 Å². The van der Waals surface area contributed by atoms with Gasteiger partial charge in [0.1, 0.15) is 0 Å². The second kappa shape index (κ2) is 5.54. The smallest absolute Gasteiger partial charge is 0.255 e. The lowest BCUT2D eigenvalue weighted by atomic mass is 10.1. The number of hydrogen-bond donors (Lipinski definition) is 3. The number of benzene rings is 1. The Bertz CT molecular complexity index is 403. The average Bonchev–Trinajstić information content (AvgIpc) is 2.25. The number of anilines is 2. The molecule has 1 rings (SSSR count). The monoisotopic (exact) mass is 237 g/mol. The number of hydrogen-bond acceptors (Lipinski definition) is 4. The fraction of sp³-hybridized carbons (Fsp3) is 0.417. The van der Waals surface area contributed by atoms with Crippen LogP contribution in [-0.2, 0) is 0 Å². The summed E-state index contributed by atoms with van der Waals surface area (Å²) in [6.07, 6.45) is -0.487. The largest absolute Gasteiger partial charge is 0.399 e. The van der Waals surface area contributed by atoms with Crippen LogP contribution in [0.15, 0.2) is 18.2 Å². The molecule has 0 radical (unpaired) electrons. The number of carbonyl (C=O) groups is 1. The van der Waals surface area contributed by atoms with Gasteiger partial charge in [-0.15, -0.1) is 0 Å². The summed E-state index contributed by atoms with van der Waals surface area (Å²) >= 11 is 0. The van der Waals surface area contributed by atoms with Gasteiger partial charge >= 0.3 is 0 Å². The molecule has 1 aromatic carbocycles. The van der Waals surface area contributed by atoms with E-state index in [1.807, 2.05) is 0 Å². The predicted molar refractivity (Wildman–Crippen MR) is 69.0 cm³/mol. The van der Waals surface area contributed by atoms with E-state index in [1.54, 1.807) is 39.2 Å². The Hall–Kier alpha value is -1.75. The molecule has 0 heterocycles. The van der Waals surface area contributed by atoms with E-state index in [1.165, 1.54) is 4.90 Å². The molecule has 1 amide bonds. The number of carbonyl (C=O) groups excluding carboxylic acids is 1. The first kappa shape index (κ1) is 13.3. The van der Waals surface area contributed by atoms with Gasteiger partial charge in [-0.2, -0.15) is 0 Å². The van der Waals surface area contributed by atoms with Crippen LogP contribution >= 0.6 is 0 Å². The van der Waals surface area contributed by atoms with Crippen LogP contribution in [0.25, 0.3) is 0 Å². The van der Waals surface area contributed by atoms with Crippen LogP contribution in [-0.4, -0.2) is 42.7 Å². The second-order valence-electron chi connectivity index (χ2n) is 4.23. The molecule has 5 nitrogen and oxygen atoms in total. The zero-order valence-corrected chi connectivity index (χ0v) is 10.4. The third kappa shape index (κ3) is 3.64. The van der Waals surface area contributed by atoms with E-state index in [-0.39, 0.29) is 5.91 Å². The first-order valence-electron chi connectivity index (χ1n) is 5.45. The molecule has 0 saturated heterocycles.